The molecule has 0 aliphatic heterocycles. The SMILES string of the molecule is CC(C)c1cccc(C(C)C)c1[N]([Ge])[Si](CP(c1ccccc1)c1ccccc1)(C(C)C)C(C)C. The molecule has 0 aliphatic carbocycles. The topological polar surface area (TPSA) is 3.24 Å². The molecular weight excluding hydrogens is 518 g/mol. The van der Waals surface area contributed by atoms with Crippen LogP contribution in [-0.2, 0) is 0 Å². The van der Waals surface area contributed by atoms with Crippen molar-refractivity contribution in [3.63, 3.8) is 0 Å². The van der Waals surface area contributed by atoms with E-state index in [4.69, 9.17) is 0 Å². The molecule has 3 aromatic carbocycles. The minimum absolute atomic E-state index is 0.456. The molecule has 0 amide bonds. The summed E-state index contributed by atoms with van der Waals surface area (Å²) in [4.78, 5) is 0. The number of nitrogens with zero attached hydrogens (tertiary/aromatic N) is 1. The molecule has 0 N–H and O–H groups in total. The van der Waals surface area contributed by atoms with Crippen LogP contribution in [0.4, 0.5) is 5.69 Å². The van der Waals surface area contributed by atoms with E-state index in [9.17, 15) is 0 Å². The Morgan fingerprint density at radius 1 is 0.629 bits per heavy atom. The molecule has 0 saturated carbocycles. The number of benzene rings is 3. The molecule has 0 bridgehead atoms. The maximum absolute atomic E-state index is 2.86. The van der Waals surface area contributed by atoms with E-state index < -0.39 is 16.2 Å². The Balaban J connectivity index is 2.25. The van der Waals surface area contributed by atoms with E-state index in [1.54, 1.807) is 0 Å². The van der Waals surface area contributed by atoms with Gasteiger partial charge in [-0.25, -0.2) is 0 Å². The minimum atomic E-state index is -2.02. The molecule has 0 aromatic heterocycles. The van der Waals surface area contributed by atoms with Gasteiger partial charge in [0, 0.05) is 0 Å². The first kappa shape index (κ1) is 28.2. The van der Waals surface area contributed by atoms with Gasteiger partial charge in [-0.05, 0) is 0 Å². The van der Waals surface area contributed by atoms with Crippen LogP contribution in [0.3, 0.4) is 0 Å². The van der Waals surface area contributed by atoms with Crippen LogP contribution >= 0.6 is 7.92 Å². The van der Waals surface area contributed by atoms with E-state index in [2.05, 4.69) is 155 Å². The average Bonchev–Trinajstić information content (AvgIpc) is 2.84. The van der Waals surface area contributed by atoms with Gasteiger partial charge in [0.1, 0.15) is 0 Å². The summed E-state index contributed by atoms with van der Waals surface area (Å²) in [7, 11) is -2.47. The summed E-state index contributed by atoms with van der Waals surface area (Å²) in [6, 6.07) is 29.6. The van der Waals surface area contributed by atoms with Gasteiger partial charge in [0.25, 0.3) is 0 Å². The van der Waals surface area contributed by atoms with Gasteiger partial charge in [-0.2, -0.15) is 0 Å². The second kappa shape index (κ2) is 12.3. The molecule has 1 nitrogen and oxygen atoms in total. The van der Waals surface area contributed by atoms with Crippen LogP contribution in [0.5, 0.6) is 0 Å². The first-order valence-corrected chi connectivity index (χ1v) is 17.9. The number of hydrogen-bond donors (Lipinski definition) is 0. The molecular formula is C31H43GeNPSi. The van der Waals surface area contributed by atoms with E-state index in [0.29, 0.717) is 22.9 Å². The van der Waals surface area contributed by atoms with E-state index >= 15 is 0 Å². The second-order valence-corrected chi connectivity index (χ2v) is 20.8. The molecule has 3 radical (unpaired) electrons. The fourth-order valence-electron chi connectivity index (χ4n) is 5.40. The molecule has 0 aliphatic rings. The Hall–Kier alpha value is -1.35. The Kier molecular flexibility index (Phi) is 9.89. The molecule has 4 heteroatoms. The van der Waals surface area contributed by atoms with Gasteiger partial charge in [0.2, 0.25) is 0 Å². The summed E-state index contributed by atoms with van der Waals surface area (Å²) in [5.74, 6) is 2.27. The monoisotopic (exact) mass is 562 g/mol. The van der Waals surface area contributed by atoms with Gasteiger partial charge in [-0.1, -0.05) is 0 Å². The average molecular weight is 561 g/mol. The molecule has 3 aromatic rings. The molecule has 35 heavy (non-hydrogen) atoms. The second-order valence-electron chi connectivity index (χ2n) is 11.0. The van der Waals surface area contributed by atoms with Crippen LogP contribution in [-0.4, -0.2) is 30.8 Å². The third-order valence-corrected chi connectivity index (χ3v) is 20.8. The maximum atomic E-state index is 2.86. The van der Waals surface area contributed by atoms with Crippen molar-refractivity contribution in [1.29, 1.82) is 0 Å². The normalized spacial score (nSPS) is 12.4. The quantitative estimate of drug-likeness (QED) is 0.178. The van der Waals surface area contributed by atoms with Crippen molar-refractivity contribution in [3.8, 4) is 0 Å². The van der Waals surface area contributed by atoms with Crippen molar-refractivity contribution in [2.45, 2.75) is 78.3 Å². The first-order valence-electron chi connectivity index (χ1n) is 13.1. The van der Waals surface area contributed by atoms with E-state index in [0.717, 1.165) is 0 Å². The van der Waals surface area contributed by atoms with Crippen LogP contribution < -0.4 is 14.1 Å². The third kappa shape index (κ3) is 5.97. The molecule has 0 fully saturated rings. The van der Waals surface area contributed by atoms with Crippen molar-refractivity contribution < 1.29 is 0 Å². The van der Waals surface area contributed by atoms with E-state index in [1.165, 1.54) is 33.2 Å². The molecule has 0 heterocycles. The van der Waals surface area contributed by atoms with E-state index in [1.807, 2.05) is 0 Å². The van der Waals surface area contributed by atoms with Crippen molar-refractivity contribution >= 4 is 49.2 Å². The van der Waals surface area contributed by atoms with Gasteiger partial charge in [-0.3, -0.25) is 0 Å². The zero-order valence-electron chi connectivity index (χ0n) is 22.9. The number of hydrogen-bond acceptors (Lipinski definition) is 1. The van der Waals surface area contributed by atoms with Crippen LogP contribution in [0.1, 0.15) is 78.4 Å². The third-order valence-electron chi connectivity index (χ3n) is 7.53. The van der Waals surface area contributed by atoms with Crippen LogP contribution in [0.15, 0.2) is 78.9 Å². The number of para-hydroxylation sites is 1. The van der Waals surface area contributed by atoms with Crippen LogP contribution in [0, 0.1) is 0 Å². The predicted molar refractivity (Wildman–Crippen MR) is 163 cm³/mol. The first-order chi connectivity index (χ1) is 16.6. The summed E-state index contributed by atoms with van der Waals surface area (Å²) in [5.41, 5.74) is 5.78. The Morgan fingerprint density at radius 2 is 1.03 bits per heavy atom. The Labute approximate surface area is 226 Å². The van der Waals surface area contributed by atoms with Crippen LogP contribution in [0.25, 0.3) is 0 Å². The van der Waals surface area contributed by atoms with E-state index in [-0.39, 0.29) is 0 Å². The van der Waals surface area contributed by atoms with Gasteiger partial charge >= 0.3 is 227 Å². The van der Waals surface area contributed by atoms with Gasteiger partial charge in [-0.15, -0.1) is 0 Å². The molecule has 0 spiro atoms. The summed E-state index contributed by atoms with van der Waals surface area (Å²) in [5, 5.41) is 3.00. The molecule has 185 valence electrons. The standard InChI is InChI=1S/C31H43GeNPSi/c1-23(2)29-20-15-21-30(24(3)4)31(29)33(32)35(25(5)6,26(7)8)22-34(27-16-11-9-12-17-27)28-18-13-10-14-19-28/h9-21,23-26H,22H2,1-8H3. The number of anilines is 1. The zero-order valence-corrected chi connectivity index (χ0v) is 26.9. The van der Waals surface area contributed by atoms with Crippen molar-refractivity contribution in [2.75, 3.05) is 9.31 Å². The van der Waals surface area contributed by atoms with Crippen molar-refractivity contribution in [1.82, 2.24) is 0 Å². The summed E-state index contributed by atoms with van der Waals surface area (Å²) in [6.45, 7) is 19.4. The predicted octanol–water partition coefficient (Wildman–Crippen LogP) is 8.26. The fourth-order valence-corrected chi connectivity index (χ4v) is 21.9. The zero-order chi connectivity index (χ0) is 25.8. The molecule has 0 atom stereocenters. The van der Waals surface area contributed by atoms with Crippen LogP contribution in [0.2, 0.25) is 11.1 Å². The summed E-state index contributed by atoms with van der Waals surface area (Å²) in [6.07, 6.45) is 0. The molecule has 0 unspecified atom stereocenters. The molecule has 3 rings (SSSR count). The summed E-state index contributed by atoms with van der Waals surface area (Å²) < 4.78 is 2.86. The van der Waals surface area contributed by atoms with Crippen molar-refractivity contribution in [2.24, 2.45) is 0 Å². The summed E-state index contributed by atoms with van der Waals surface area (Å²) >= 11 is 2.45. The fraction of sp³-hybridized carbons (Fsp3) is 0.419. The van der Waals surface area contributed by atoms with Gasteiger partial charge in [0.15, 0.2) is 0 Å². The Bertz CT molecular complexity index is 992. The number of rotatable bonds is 10. The Morgan fingerprint density at radius 3 is 1.37 bits per heavy atom. The van der Waals surface area contributed by atoms with Gasteiger partial charge < -0.3 is 0 Å². The van der Waals surface area contributed by atoms with Gasteiger partial charge in [0.05, 0.1) is 0 Å². The van der Waals surface area contributed by atoms with Crippen molar-refractivity contribution in [3.05, 3.63) is 90.0 Å². The molecule has 0 saturated heterocycles.